The van der Waals surface area contributed by atoms with Gasteiger partial charge in [-0.15, -0.1) is 0 Å². The topological polar surface area (TPSA) is 263 Å². The fourth-order valence-corrected chi connectivity index (χ4v) is 5.60. The third-order valence-corrected chi connectivity index (χ3v) is 8.09. The number of nitrogens with one attached hydrogen (secondary N) is 6. The smallest absolute Gasteiger partial charge is 0.408 e. The Balaban J connectivity index is 2.05. The van der Waals surface area contributed by atoms with E-state index in [9.17, 15) is 44.1 Å². The highest BCUT2D eigenvalue weighted by Crippen LogP contribution is 2.31. The number of fused-ring (bicyclic) bond motifs is 5. The number of hydrogen-bond acceptors (Lipinski definition) is 12. The Bertz CT molecular complexity index is 1810. The molecule has 6 amide bonds. The fourth-order valence-electron chi connectivity index (χ4n) is 5.60. The molecule has 58 heavy (non-hydrogen) atoms. The molecule has 4 bridgehead atoms. The van der Waals surface area contributed by atoms with Crippen LogP contribution in [0.1, 0.15) is 79.9 Å². The Kier molecular flexibility index (Phi) is 15.7. The van der Waals surface area contributed by atoms with E-state index in [1.54, 1.807) is 86.6 Å². The summed E-state index contributed by atoms with van der Waals surface area (Å²) in [4.78, 5) is 79.4. The standard InChI is InChI=1S/C40H58N6O12/c1-38(2,3)56-35(53)42-15-14-41-32(50)27-18-24-16-22(10-12-30(24)48)23-11-13-31(49)25(17-23)19-28(46-37(55)58-40(7,8)9)33(51)45-29(34(52)44-27)20-26(47)21-43-36(54)57-39(4,5)6/h10-13,16-17,26-29,47-49H,14-15,18-21H2,1-9H3,(H,41,50)(H,42,53)(H,43,54)(H,44,52)(H,45,51)(H,46,55)/t26-,27+,28+,29+/m1/s1. The van der Waals surface area contributed by atoms with Crippen LogP contribution in [-0.2, 0) is 41.4 Å². The van der Waals surface area contributed by atoms with Crippen molar-refractivity contribution in [3.8, 4) is 22.6 Å². The third-order valence-electron chi connectivity index (χ3n) is 8.09. The second kappa shape index (κ2) is 19.6. The average Bonchev–Trinajstić information content (AvgIpc) is 3.07. The number of aromatic hydroxyl groups is 2. The van der Waals surface area contributed by atoms with Crippen molar-refractivity contribution in [1.82, 2.24) is 31.9 Å². The van der Waals surface area contributed by atoms with Gasteiger partial charge < -0.3 is 61.4 Å². The molecule has 0 fully saturated rings. The van der Waals surface area contributed by atoms with Gasteiger partial charge in [0.25, 0.3) is 0 Å². The van der Waals surface area contributed by atoms with Crippen LogP contribution in [0.4, 0.5) is 14.4 Å². The minimum atomic E-state index is -1.58. The molecule has 320 valence electrons. The molecule has 2 aromatic carbocycles. The van der Waals surface area contributed by atoms with Gasteiger partial charge in [-0.25, -0.2) is 14.4 Å². The number of carbonyl (C=O) groups is 6. The first-order valence-electron chi connectivity index (χ1n) is 18.9. The van der Waals surface area contributed by atoms with Crippen molar-refractivity contribution < 1.29 is 58.3 Å². The molecule has 0 unspecified atom stereocenters. The zero-order valence-electron chi connectivity index (χ0n) is 34.5. The largest absolute Gasteiger partial charge is 0.508 e. The lowest BCUT2D eigenvalue weighted by Gasteiger charge is -2.28. The van der Waals surface area contributed by atoms with Gasteiger partial charge in [-0.1, -0.05) is 12.1 Å². The van der Waals surface area contributed by atoms with Crippen LogP contribution in [0.3, 0.4) is 0 Å². The van der Waals surface area contributed by atoms with Crippen molar-refractivity contribution in [2.45, 2.75) is 123 Å². The van der Waals surface area contributed by atoms with E-state index in [2.05, 4.69) is 31.9 Å². The zero-order valence-corrected chi connectivity index (χ0v) is 34.5. The number of aliphatic hydroxyl groups excluding tert-OH is 1. The van der Waals surface area contributed by atoms with Crippen molar-refractivity contribution >= 4 is 36.0 Å². The summed E-state index contributed by atoms with van der Waals surface area (Å²) in [6.07, 6.45) is -5.00. The summed E-state index contributed by atoms with van der Waals surface area (Å²) in [6.45, 7) is 14.4. The molecule has 0 radical (unpaired) electrons. The summed E-state index contributed by atoms with van der Waals surface area (Å²) in [5.74, 6) is -2.97. The molecule has 18 heteroatoms. The molecule has 2 aromatic rings. The molecule has 1 heterocycles. The molecule has 0 aromatic heterocycles. The molecule has 1 aliphatic heterocycles. The summed E-state index contributed by atoms with van der Waals surface area (Å²) in [7, 11) is 0. The fraction of sp³-hybridized carbons (Fsp3) is 0.550. The maximum atomic E-state index is 14.1. The highest BCUT2D eigenvalue weighted by molar-refractivity contribution is 5.94. The Hall–Kier alpha value is -5.78. The second-order valence-electron chi connectivity index (χ2n) is 16.9. The van der Waals surface area contributed by atoms with E-state index >= 15 is 0 Å². The van der Waals surface area contributed by atoms with Gasteiger partial charge in [0.05, 0.1) is 6.10 Å². The van der Waals surface area contributed by atoms with Crippen LogP contribution in [0.15, 0.2) is 36.4 Å². The predicted octanol–water partition coefficient (Wildman–Crippen LogP) is 2.64. The number of phenolic OH excluding ortho intramolecular Hbond substituents is 2. The summed E-state index contributed by atoms with van der Waals surface area (Å²) in [5, 5.41) is 48.1. The van der Waals surface area contributed by atoms with Gasteiger partial charge >= 0.3 is 18.3 Å². The zero-order chi connectivity index (χ0) is 43.6. The van der Waals surface area contributed by atoms with Crippen molar-refractivity contribution in [3.05, 3.63) is 47.5 Å². The van der Waals surface area contributed by atoms with Gasteiger partial charge in [-0.3, -0.25) is 14.4 Å². The Labute approximate surface area is 338 Å². The van der Waals surface area contributed by atoms with E-state index in [0.29, 0.717) is 11.1 Å². The van der Waals surface area contributed by atoms with Crippen molar-refractivity contribution in [3.63, 3.8) is 0 Å². The summed E-state index contributed by atoms with van der Waals surface area (Å²) in [5.41, 5.74) is -0.954. The van der Waals surface area contributed by atoms with Gasteiger partial charge in [0.2, 0.25) is 17.7 Å². The highest BCUT2D eigenvalue weighted by atomic mass is 16.6. The van der Waals surface area contributed by atoms with Gasteiger partial charge in [-0.05, 0) is 109 Å². The van der Waals surface area contributed by atoms with Crippen molar-refractivity contribution in [2.75, 3.05) is 19.6 Å². The molecule has 0 aliphatic carbocycles. The molecule has 0 spiro atoms. The maximum absolute atomic E-state index is 14.1. The van der Waals surface area contributed by atoms with Gasteiger partial charge in [-0.2, -0.15) is 0 Å². The number of aliphatic hydroxyl groups is 1. The Morgan fingerprint density at radius 3 is 1.71 bits per heavy atom. The van der Waals surface area contributed by atoms with E-state index in [-0.39, 0.29) is 48.6 Å². The monoisotopic (exact) mass is 814 g/mol. The van der Waals surface area contributed by atoms with Crippen LogP contribution in [-0.4, -0.2) is 112 Å². The minimum absolute atomic E-state index is 0.0349. The molecule has 0 saturated heterocycles. The van der Waals surface area contributed by atoms with Crippen molar-refractivity contribution in [2.24, 2.45) is 0 Å². The summed E-state index contributed by atoms with van der Waals surface area (Å²) >= 11 is 0. The molecule has 3 rings (SSSR count). The first-order chi connectivity index (χ1) is 26.8. The maximum Gasteiger partial charge on any atom is 0.408 e. The number of ether oxygens (including phenoxy) is 3. The SMILES string of the molecule is CC(C)(C)OC(=O)NCCNC(=O)[C@@H]1Cc2cc(ccc2O)-c2ccc(O)c(c2)C[C@H](NC(=O)OC(C)(C)C)C(=O)N[C@@H](C[C@@H](O)CNC(=O)OC(C)(C)C)C(=O)N1. The van der Waals surface area contributed by atoms with Crippen molar-refractivity contribution in [1.29, 1.82) is 0 Å². The summed E-state index contributed by atoms with van der Waals surface area (Å²) < 4.78 is 15.8. The van der Waals surface area contributed by atoms with Crippen LogP contribution in [0.25, 0.3) is 11.1 Å². The van der Waals surface area contributed by atoms with E-state index in [0.717, 1.165) is 0 Å². The minimum Gasteiger partial charge on any atom is -0.508 e. The number of benzene rings is 2. The lowest BCUT2D eigenvalue weighted by atomic mass is 9.95. The molecular weight excluding hydrogens is 756 g/mol. The molecule has 18 nitrogen and oxygen atoms in total. The number of amides is 6. The first kappa shape index (κ1) is 46.6. The molecule has 0 saturated carbocycles. The average molecular weight is 815 g/mol. The Morgan fingerprint density at radius 1 is 0.690 bits per heavy atom. The van der Waals surface area contributed by atoms with Crippen LogP contribution < -0.4 is 31.9 Å². The van der Waals surface area contributed by atoms with Crippen LogP contribution in [0.2, 0.25) is 0 Å². The molecule has 4 atom stereocenters. The first-order valence-corrected chi connectivity index (χ1v) is 18.9. The molecule has 9 N–H and O–H groups in total. The van der Waals surface area contributed by atoms with Crippen LogP contribution in [0, 0.1) is 0 Å². The number of hydrogen-bond donors (Lipinski definition) is 9. The number of phenols is 2. The van der Waals surface area contributed by atoms with E-state index in [1.165, 1.54) is 12.1 Å². The molecular formula is C40H58N6O12. The van der Waals surface area contributed by atoms with Gasteiger partial charge in [0, 0.05) is 38.9 Å². The Morgan fingerprint density at radius 2 is 1.17 bits per heavy atom. The normalized spacial score (nSPS) is 18.1. The lowest BCUT2D eigenvalue weighted by molar-refractivity contribution is -0.133. The van der Waals surface area contributed by atoms with Gasteiger partial charge in [0.15, 0.2) is 0 Å². The number of carbonyl (C=O) groups excluding carboxylic acids is 6. The van der Waals surface area contributed by atoms with Crippen LogP contribution in [0.5, 0.6) is 11.5 Å². The number of rotatable bonds is 9. The van der Waals surface area contributed by atoms with E-state index in [4.69, 9.17) is 14.2 Å². The van der Waals surface area contributed by atoms with E-state index in [1.807, 2.05) is 0 Å². The quantitative estimate of drug-likeness (QED) is 0.131. The molecule has 1 aliphatic rings. The predicted molar refractivity (Wildman–Crippen MR) is 212 cm³/mol. The highest BCUT2D eigenvalue weighted by Gasteiger charge is 2.33. The van der Waals surface area contributed by atoms with Crippen LogP contribution >= 0.6 is 0 Å². The summed E-state index contributed by atoms with van der Waals surface area (Å²) in [6, 6.07) is 4.81. The third kappa shape index (κ3) is 16.0. The van der Waals surface area contributed by atoms with Gasteiger partial charge in [0.1, 0.15) is 46.4 Å². The number of alkyl carbamates (subject to hydrolysis) is 3. The lowest BCUT2D eigenvalue weighted by Crippen LogP contribution is -2.58. The van der Waals surface area contributed by atoms with E-state index < -0.39 is 90.0 Å². The second-order valence-corrected chi connectivity index (χ2v) is 16.9.